The number of para-hydroxylation sites is 1. The van der Waals surface area contributed by atoms with Crippen LogP contribution in [0.15, 0.2) is 85.9 Å². The van der Waals surface area contributed by atoms with Gasteiger partial charge in [0, 0.05) is 27.8 Å². The summed E-state index contributed by atoms with van der Waals surface area (Å²) in [4.78, 5) is 19.4. The fraction of sp³-hybridized carbons (Fsp3) is 0.115. The number of amides is 1. The summed E-state index contributed by atoms with van der Waals surface area (Å²) >= 11 is 3.28. The van der Waals surface area contributed by atoms with Crippen molar-refractivity contribution in [3.05, 3.63) is 76.4 Å². The number of hydrogen-bond acceptors (Lipinski definition) is 7. The molecular formula is C26H22ClN5O2S2. The predicted molar refractivity (Wildman–Crippen MR) is 149 cm³/mol. The van der Waals surface area contributed by atoms with Crippen LogP contribution in [0.4, 0.5) is 17.1 Å². The second-order valence-electron chi connectivity index (χ2n) is 8.11. The van der Waals surface area contributed by atoms with Gasteiger partial charge in [0.15, 0.2) is 6.61 Å². The zero-order valence-electron chi connectivity index (χ0n) is 19.4. The van der Waals surface area contributed by atoms with Gasteiger partial charge in [-0.25, -0.2) is 4.68 Å². The minimum Gasteiger partial charge on any atom is -0.482 e. The minimum absolute atomic E-state index is 0. The number of halogens is 1. The molecule has 2 aliphatic heterocycles. The van der Waals surface area contributed by atoms with E-state index in [0.717, 1.165) is 38.7 Å². The van der Waals surface area contributed by atoms with Gasteiger partial charge in [-0.15, -0.1) is 23.7 Å². The molecule has 1 amide bonds. The zero-order valence-corrected chi connectivity index (χ0v) is 21.9. The monoisotopic (exact) mass is 535 g/mol. The molecule has 2 N–H and O–H groups in total. The smallest absolute Gasteiger partial charge is 0.262 e. The Morgan fingerprint density at radius 2 is 1.83 bits per heavy atom. The highest BCUT2D eigenvalue weighted by Gasteiger charge is 2.19. The number of rotatable bonds is 3. The standard InChI is InChI=1S/C26H21N5O2S2.ClH/c1-15(16-8-10-24-20(11-16)28-18-5-3-4-6-23(18)35-24)30-31-21(14-34-26(31)27-2)17-7-9-22-19(12-17)29-25(32)13-33-22;/h3-12,14,28H,13H2,1-2H3,(H,29,32);1H/b27-26?,30-15-;. The van der Waals surface area contributed by atoms with Crippen LogP contribution in [-0.2, 0) is 4.79 Å². The highest BCUT2D eigenvalue weighted by molar-refractivity contribution is 7.99. The van der Waals surface area contributed by atoms with E-state index in [1.54, 1.807) is 18.8 Å². The van der Waals surface area contributed by atoms with Crippen molar-refractivity contribution in [1.82, 2.24) is 4.68 Å². The van der Waals surface area contributed by atoms with Crippen LogP contribution in [0.5, 0.6) is 5.75 Å². The van der Waals surface area contributed by atoms with Crippen LogP contribution < -0.4 is 20.2 Å². The van der Waals surface area contributed by atoms with Crippen LogP contribution in [0.2, 0.25) is 0 Å². The molecule has 6 rings (SSSR count). The highest BCUT2D eigenvalue weighted by atomic mass is 35.5. The summed E-state index contributed by atoms with van der Waals surface area (Å²) in [6, 6.07) is 20.4. The third-order valence-corrected chi connectivity index (χ3v) is 7.87. The van der Waals surface area contributed by atoms with Crippen molar-refractivity contribution in [3.8, 4) is 17.0 Å². The van der Waals surface area contributed by atoms with Gasteiger partial charge in [-0.2, -0.15) is 5.10 Å². The molecule has 1 aromatic heterocycles. The molecule has 2 aliphatic rings. The molecule has 36 heavy (non-hydrogen) atoms. The molecule has 3 aromatic carbocycles. The fourth-order valence-corrected chi connectivity index (χ4v) is 5.83. The molecule has 4 aromatic rings. The molecule has 0 bridgehead atoms. The molecule has 0 saturated carbocycles. The molecule has 0 atom stereocenters. The average Bonchev–Trinajstić information content (AvgIpc) is 3.29. The van der Waals surface area contributed by atoms with E-state index in [-0.39, 0.29) is 24.9 Å². The number of thiazole rings is 1. The highest BCUT2D eigenvalue weighted by Crippen LogP contribution is 2.44. The first-order valence-electron chi connectivity index (χ1n) is 11.0. The van der Waals surface area contributed by atoms with E-state index in [2.05, 4.69) is 52.0 Å². The van der Waals surface area contributed by atoms with Crippen molar-refractivity contribution in [1.29, 1.82) is 0 Å². The molecule has 182 valence electrons. The number of anilines is 3. The number of nitrogens with one attached hydrogen (secondary N) is 2. The summed E-state index contributed by atoms with van der Waals surface area (Å²) < 4.78 is 7.35. The third-order valence-electron chi connectivity index (χ3n) is 5.81. The molecule has 7 nitrogen and oxygen atoms in total. The molecule has 0 aliphatic carbocycles. The Hall–Kier alpha value is -3.53. The van der Waals surface area contributed by atoms with Crippen molar-refractivity contribution in [2.75, 3.05) is 24.3 Å². The number of benzene rings is 3. The van der Waals surface area contributed by atoms with Crippen LogP contribution >= 0.6 is 35.5 Å². The van der Waals surface area contributed by atoms with Gasteiger partial charge in [-0.3, -0.25) is 9.79 Å². The molecule has 0 fully saturated rings. The summed E-state index contributed by atoms with van der Waals surface area (Å²) in [7, 11) is 1.76. The number of nitrogens with zero attached hydrogens (tertiary/aromatic N) is 3. The second kappa shape index (κ2) is 9.85. The van der Waals surface area contributed by atoms with Crippen LogP contribution in [-0.4, -0.2) is 29.9 Å². The van der Waals surface area contributed by atoms with E-state index < -0.39 is 0 Å². The van der Waals surface area contributed by atoms with E-state index in [9.17, 15) is 4.79 Å². The van der Waals surface area contributed by atoms with Crippen LogP contribution in [0.1, 0.15) is 12.5 Å². The Morgan fingerprint density at radius 1 is 1.00 bits per heavy atom. The van der Waals surface area contributed by atoms with Gasteiger partial charge in [0.2, 0.25) is 4.80 Å². The fourth-order valence-electron chi connectivity index (χ4n) is 4.06. The average molecular weight is 536 g/mol. The normalized spacial score (nSPS) is 14.4. The number of aromatic nitrogens is 1. The van der Waals surface area contributed by atoms with Crippen molar-refractivity contribution in [2.45, 2.75) is 16.7 Å². The second-order valence-corrected chi connectivity index (χ2v) is 10.0. The van der Waals surface area contributed by atoms with Crippen LogP contribution in [0.3, 0.4) is 0 Å². The van der Waals surface area contributed by atoms with Crippen molar-refractivity contribution >= 4 is 64.2 Å². The molecule has 0 spiro atoms. The molecule has 3 heterocycles. The van der Waals surface area contributed by atoms with Gasteiger partial charge < -0.3 is 15.4 Å². The first-order valence-corrected chi connectivity index (χ1v) is 12.7. The first-order chi connectivity index (χ1) is 17.1. The summed E-state index contributed by atoms with van der Waals surface area (Å²) in [5, 5.41) is 13.4. The number of hydrogen-bond donors (Lipinski definition) is 2. The van der Waals surface area contributed by atoms with Crippen LogP contribution in [0.25, 0.3) is 11.3 Å². The maximum absolute atomic E-state index is 11.8. The molecule has 0 radical (unpaired) electrons. The number of carbonyl (C=O) groups excluding carboxylic acids is 1. The van der Waals surface area contributed by atoms with Gasteiger partial charge in [0.25, 0.3) is 5.91 Å². The van der Waals surface area contributed by atoms with Crippen LogP contribution in [0, 0.1) is 0 Å². The Labute approximate surface area is 222 Å². The lowest BCUT2D eigenvalue weighted by atomic mass is 10.1. The molecule has 0 saturated heterocycles. The van der Waals surface area contributed by atoms with Gasteiger partial charge in [0.1, 0.15) is 5.75 Å². The van der Waals surface area contributed by atoms with Gasteiger partial charge in [-0.1, -0.05) is 30.0 Å². The van der Waals surface area contributed by atoms with Gasteiger partial charge in [-0.05, 0) is 55.0 Å². The summed E-state index contributed by atoms with van der Waals surface area (Å²) in [5.41, 5.74) is 6.53. The van der Waals surface area contributed by atoms with Crippen molar-refractivity contribution in [2.24, 2.45) is 10.1 Å². The number of ether oxygens (including phenoxy) is 1. The lowest BCUT2D eigenvalue weighted by Crippen LogP contribution is -2.25. The van der Waals surface area contributed by atoms with Crippen molar-refractivity contribution < 1.29 is 9.53 Å². The quantitative estimate of drug-likeness (QED) is 0.278. The Kier molecular flexibility index (Phi) is 6.61. The minimum atomic E-state index is -0.159. The predicted octanol–water partition coefficient (Wildman–Crippen LogP) is 5.98. The van der Waals surface area contributed by atoms with Gasteiger partial charge >= 0.3 is 0 Å². The zero-order chi connectivity index (χ0) is 23.9. The van der Waals surface area contributed by atoms with E-state index >= 15 is 0 Å². The SMILES string of the molecule is CN=c1scc(-c2ccc3c(c2)NC(=O)CO3)n1/N=C(/C)c1ccc2c(c1)Nc1ccccc1S2.Cl. The van der Waals surface area contributed by atoms with E-state index in [1.165, 1.54) is 21.1 Å². The lowest BCUT2D eigenvalue weighted by molar-refractivity contribution is -0.118. The largest absolute Gasteiger partial charge is 0.482 e. The third kappa shape index (κ3) is 4.41. The molecular weight excluding hydrogens is 514 g/mol. The summed E-state index contributed by atoms with van der Waals surface area (Å²) in [6.07, 6.45) is 0. The molecule has 0 unspecified atom stereocenters. The Balaban J connectivity index is 0.00000267. The Bertz CT molecular complexity index is 1590. The van der Waals surface area contributed by atoms with Crippen molar-refractivity contribution in [3.63, 3.8) is 0 Å². The number of fused-ring (bicyclic) bond motifs is 3. The topological polar surface area (TPSA) is 80.0 Å². The lowest BCUT2D eigenvalue weighted by Gasteiger charge is -2.21. The number of carbonyl (C=O) groups is 1. The van der Waals surface area contributed by atoms with E-state index in [4.69, 9.17) is 9.84 Å². The van der Waals surface area contributed by atoms with Gasteiger partial charge in [0.05, 0.1) is 28.5 Å². The maximum atomic E-state index is 11.8. The first kappa shape index (κ1) is 24.2. The summed E-state index contributed by atoms with van der Waals surface area (Å²) in [5.74, 6) is 0.504. The van der Waals surface area contributed by atoms with E-state index in [1.807, 2.05) is 41.2 Å². The van der Waals surface area contributed by atoms with E-state index in [0.29, 0.717) is 11.4 Å². The maximum Gasteiger partial charge on any atom is 0.262 e. The Morgan fingerprint density at radius 3 is 2.69 bits per heavy atom. The molecule has 10 heteroatoms. The summed E-state index contributed by atoms with van der Waals surface area (Å²) in [6.45, 7) is 2.04.